The lowest BCUT2D eigenvalue weighted by Crippen LogP contribution is -2.10. The Hall–Kier alpha value is -4.96. The predicted octanol–water partition coefficient (Wildman–Crippen LogP) is 13.0. The predicted molar refractivity (Wildman–Crippen MR) is 195 cm³/mol. The first-order chi connectivity index (χ1) is 21.7. The van der Waals surface area contributed by atoms with Crippen molar-refractivity contribution in [3.05, 3.63) is 151 Å². The number of aryl methyl sites for hydroxylation is 1. The molecule has 2 aromatic heterocycles. The van der Waals surface area contributed by atoms with E-state index in [4.69, 9.17) is 0 Å². The minimum atomic E-state index is 1.15. The first-order valence-corrected chi connectivity index (χ1v) is 16.6. The van der Waals surface area contributed by atoms with Gasteiger partial charge < -0.3 is 4.90 Å². The van der Waals surface area contributed by atoms with Gasteiger partial charge in [0, 0.05) is 36.6 Å². The molecular formula is C41H27NS2. The van der Waals surface area contributed by atoms with Crippen LogP contribution < -0.4 is 4.90 Å². The normalized spacial score (nSPS) is 11.8. The lowest BCUT2D eigenvalue weighted by atomic mass is 9.98. The van der Waals surface area contributed by atoms with Crippen molar-refractivity contribution in [1.29, 1.82) is 0 Å². The molecule has 9 rings (SSSR count). The van der Waals surface area contributed by atoms with Gasteiger partial charge in [0.05, 0.1) is 20.8 Å². The Morgan fingerprint density at radius 3 is 1.82 bits per heavy atom. The second-order valence-electron chi connectivity index (χ2n) is 11.4. The van der Waals surface area contributed by atoms with Crippen LogP contribution in [-0.2, 0) is 0 Å². The monoisotopic (exact) mass is 597 g/mol. The van der Waals surface area contributed by atoms with E-state index in [1.807, 2.05) is 22.7 Å². The molecule has 0 amide bonds. The third-order valence-corrected chi connectivity index (χ3v) is 11.1. The van der Waals surface area contributed by atoms with Crippen molar-refractivity contribution in [2.24, 2.45) is 0 Å². The fraction of sp³-hybridized carbons (Fsp3) is 0.0244. The van der Waals surface area contributed by atoms with Crippen LogP contribution >= 0.6 is 22.7 Å². The van der Waals surface area contributed by atoms with Gasteiger partial charge in [-0.2, -0.15) is 0 Å². The quantitative estimate of drug-likeness (QED) is 0.195. The maximum absolute atomic E-state index is 2.48. The number of anilines is 3. The molecule has 0 aliphatic heterocycles. The maximum Gasteiger partial charge on any atom is 0.0640 e. The van der Waals surface area contributed by atoms with Gasteiger partial charge in [0.25, 0.3) is 0 Å². The van der Waals surface area contributed by atoms with Crippen LogP contribution in [0.15, 0.2) is 146 Å². The van der Waals surface area contributed by atoms with Crippen LogP contribution in [-0.4, -0.2) is 0 Å². The van der Waals surface area contributed by atoms with Gasteiger partial charge >= 0.3 is 0 Å². The van der Waals surface area contributed by atoms with E-state index in [1.165, 1.54) is 79.2 Å². The van der Waals surface area contributed by atoms with Crippen molar-refractivity contribution in [3.63, 3.8) is 0 Å². The highest BCUT2D eigenvalue weighted by Gasteiger charge is 2.21. The summed E-state index contributed by atoms with van der Waals surface area (Å²) in [6.45, 7) is 2.18. The second-order valence-corrected chi connectivity index (χ2v) is 13.5. The van der Waals surface area contributed by atoms with Crippen LogP contribution in [0, 0.1) is 6.92 Å². The molecule has 0 bridgehead atoms. The topological polar surface area (TPSA) is 3.24 Å². The van der Waals surface area contributed by atoms with E-state index in [9.17, 15) is 0 Å². The maximum atomic E-state index is 2.48. The lowest BCUT2D eigenvalue weighted by molar-refractivity contribution is 1.32. The Balaban J connectivity index is 1.29. The Morgan fingerprint density at radius 2 is 1.05 bits per heavy atom. The smallest absolute Gasteiger partial charge is 0.0640 e. The number of nitrogens with zero attached hydrogens (tertiary/aromatic N) is 1. The van der Waals surface area contributed by atoms with Crippen molar-refractivity contribution in [2.45, 2.75) is 6.92 Å². The standard InChI is InChI=1S/C41H27NS2/c1-26-19-24-33-35-15-8-17-37(41(35)44-39(33)25-26)42(36-16-7-14-34-32-12-4-5-18-38(32)43-40(34)36)29-22-20-28(21-23-29)31-13-6-10-27-9-2-3-11-30(27)31/h2-25H,1H3. The highest BCUT2D eigenvalue weighted by Crippen LogP contribution is 2.49. The summed E-state index contributed by atoms with van der Waals surface area (Å²) in [6.07, 6.45) is 0. The molecule has 0 spiro atoms. The molecule has 0 unspecified atom stereocenters. The summed E-state index contributed by atoms with van der Waals surface area (Å²) in [6, 6.07) is 53.5. The number of rotatable bonds is 4. The van der Waals surface area contributed by atoms with Crippen LogP contribution in [0.2, 0.25) is 0 Å². The van der Waals surface area contributed by atoms with Crippen LogP contribution in [0.4, 0.5) is 17.1 Å². The third-order valence-electron chi connectivity index (χ3n) is 8.73. The average Bonchev–Trinajstić information content (AvgIpc) is 3.64. The third kappa shape index (κ3) is 3.97. The molecule has 0 radical (unpaired) electrons. The zero-order valence-corrected chi connectivity index (χ0v) is 25.8. The van der Waals surface area contributed by atoms with E-state index in [2.05, 4.69) is 157 Å². The number of fused-ring (bicyclic) bond motifs is 7. The molecule has 0 aliphatic rings. The molecular weight excluding hydrogens is 571 g/mol. The molecule has 2 heterocycles. The fourth-order valence-corrected chi connectivity index (χ4v) is 9.16. The van der Waals surface area contributed by atoms with Gasteiger partial charge in [0.15, 0.2) is 0 Å². The Bertz CT molecular complexity index is 2510. The molecule has 0 saturated carbocycles. The highest BCUT2D eigenvalue weighted by molar-refractivity contribution is 7.27. The minimum absolute atomic E-state index is 1.15. The van der Waals surface area contributed by atoms with Gasteiger partial charge in [-0.15, -0.1) is 22.7 Å². The van der Waals surface area contributed by atoms with Gasteiger partial charge in [0.1, 0.15) is 0 Å². The molecule has 7 aromatic carbocycles. The number of hydrogen-bond acceptors (Lipinski definition) is 3. The molecule has 44 heavy (non-hydrogen) atoms. The molecule has 208 valence electrons. The van der Waals surface area contributed by atoms with Crippen LogP contribution in [0.5, 0.6) is 0 Å². The molecule has 1 nitrogen and oxygen atoms in total. The summed E-state index contributed by atoms with van der Waals surface area (Å²) < 4.78 is 5.26. The van der Waals surface area contributed by atoms with Gasteiger partial charge in [0.2, 0.25) is 0 Å². The Morgan fingerprint density at radius 1 is 0.455 bits per heavy atom. The first kappa shape index (κ1) is 25.5. The van der Waals surface area contributed by atoms with E-state index in [1.54, 1.807) is 0 Å². The largest absolute Gasteiger partial charge is 0.308 e. The lowest BCUT2D eigenvalue weighted by Gasteiger charge is -2.27. The van der Waals surface area contributed by atoms with Gasteiger partial charge in [-0.05, 0) is 70.8 Å². The van der Waals surface area contributed by atoms with E-state index < -0.39 is 0 Å². The molecule has 9 aromatic rings. The van der Waals surface area contributed by atoms with Gasteiger partial charge in [-0.25, -0.2) is 0 Å². The summed E-state index contributed by atoms with van der Waals surface area (Å²) in [4.78, 5) is 2.48. The first-order valence-electron chi connectivity index (χ1n) is 14.9. The summed E-state index contributed by atoms with van der Waals surface area (Å²) in [5, 5.41) is 7.79. The van der Waals surface area contributed by atoms with Crippen LogP contribution in [0.3, 0.4) is 0 Å². The van der Waals surface area contributed by atoms with Crippen LogP contribution in [0.1, 0.15) is 5.56 Å². The summed E-state index contributed by atoms with van der Waals surface area (Å²) in [7, 11) is 0. The molecule has 0 atom stereocenters. The fourth-order valence-electron chi connectivity index (χ4n) is 6.65. The molecule has 0 fully saturated rings. The molecule has 0 saturated heterocycles. The Labute approximate surface area is 263 Å². The van der Waals surface area contributed by atoms with E-state index in [0.29, 0.717) is 0 Å². The highest BCUT2D eigenvalue weighted by atomic mass is 32.1. The van der Waals surface area contributed by atoms with Crippen molar-refractivity contribution in [2.75, 3.05) is 4.90 Å². The minimum Gasteiger partial charge on any atom is -0.308 e. The summed E-state index contributed by atoms with van der Waals surface area (Å²) >= 11 is 3.78. The zero-order chi connectivity index (χ0) is 29.2. The van der Waals surface area contributed by atoms with E-state index in [-0.39, 0.29) is 0 Å². The van der Waals surface area contributed by atoms with Crippen molar-refractivity contribution < 1.29 is 0 Å². The van der Waals surface area contributed by atoms with Crippen molar-refractivity contribution in [3.8, 4) is 11.1 Å². The van der Waals surface area contributed by atoms with Crippen molar-refractivity contribution in [1.82, 2.24) is 0 Å². The van der Waals surface area contributed by atoms with Crippen molar-refractivity contribution >= 4 is 90.9 Å². The van der Waals surface area contributed by atoms with Gasteiger partial charge in [-0.3, -0.25) is 0 Å². The average molecular weight is 598 g/mol. The number of benzene rings is 7. The van der Waals surface area contributed by atoms with E-state index in [0.717, 1.165) is 5.69 Å². The number of thiophene rings is 2. The summed E-state index contributed by atoms with van der Waals surface area (Å²) in [5.74, 6) is 0. The SMILES string of the molecule is Cc1ccc2c(c1)sc1c(N(c3ccc(-c4cccc5ccccc45)cc3)c3cccc4c3sc3ccccc34)cccc12. The van der Waals surface area contributed by atoms with Crippen LogP contribution in [0.25, 0.3) is 62.2 Å². The van der Waals surface area contributed by atoms with Gasteiger partial charge in [-0.1, -0.05) is 109 Å². The zero-order valence-electron chi connectivity index (χ0n) is 24.1. The Kier molecular flexibility index (Phi) is 5.83. The molecule has 0 aliphatic carbocycles. The summed E-state index contributed by atoms with van der Waals surface area (Å²) in [5.41, 5.74) is 7.35. The molecule has 0 N–H and O–H groups in total. The van der Waals surface area contributed by atoms with E-state index >= 15 is 0 Å². The second kappa shape index (κ2) is 10.1. The number of hydrogen-bond donors (Lipinski definition) is 0. The molecule has 3 heteroatoms.